The molecule has 1 saturated heterocycles. The molecular weight excluding hydrogens is 418 g/mol. The van der Waals surface area contributed by atoms with Gasteiger partial charge in [-0.15, -0.1) is 0 Å². The quantitative estimate of drug-likeness (QED) is 0.450. The minimum atomic E-state index is -0.720. The molecule has 5 rings (SSSR count). The van der Waals surface area contributed by atoms with E-state index in [4.69, 9.17) is 26.5 Å². The Morgan fingerprint density at radius 3 is 2.73 bits per heavy atom. The Morgan fingerprint density at radius 1 is 1.23 bits per heavy atom. The molecule has 1 fully saturated rings. The van der Waals surface area contributed by atoms with Crippen LogP contribution in [0.1, 0.15) is 0 Å². The lowest BCUT2D eigenvalue weighted by molar-refractivity contribution is 0.381. The number of fused-ring (bicyclic) bond motifs is 2. The topological polar surface area (TPSA) is 111 Å². The molecule has 154 valence electrons. The van der Waals surface area contributed by atoms with E-state index in [1.807, 2.05) is 0 Å². The lowest BCUT2D eigenvalue weighted by Crippen LogP contribution is -2.51. The van der Waals surface area contributed by atoms with E-state index >= 15 is 4.39 Å². The summed E-state index contributed by atoms with van der Waals surface area (Å²) in [6, 6.07) is 3.97. The molecule has 0 atom stereocenters. The maximum atomic E-state index is 15.7. The second kappa shape index (κ2) is 6.92. The molecule has 11 heteroatoms. The number of nitrogen functional groups attached to an aromatic ring is 1. The van der Waals surface area contributed by atoms with E-state index < -0.39 is 11.6 Å². The van der Waals surface area contributed by atoms with Gasteiger partial charge in [-0.3, -0.25) is 0 Å². The van der Waals surface area contributed by atoms with Crippen molar-refractivity contribution in [1.29, 1.82) is 0 Å². The Labute approximate surface area is 173 Å². The number of methoxy groups -OCH3 is 1. The number of nitrogens with zero attached hydrogens (tertiary/aromatic N) is 3. The summed E-state index contributed by atoms with van der Waals surface area (Å²) >= 11 is 6.47. The van der Waals surface area contributed by atoms with Crippen molar-refractivity contribution >= 4 is 45.4 Å². The van der Waals surface area contributed by atoms with Crippen LogP contribution in [0.4, 0.5) is 20.6 Å². The highest BCUT2D eigenvalue weighted by molar-refractivity contribution is 6.34. The summed E-state index contributed by atoms with van der Waals surface area (Å²) in [5.41, 5.74) is 5.69. The molecule has 4 N–H and O–H groups in total. The van der Waals surface area contributed by atoms with Crippen molar-refractivity contribution in [3.05, 3.63) is 34.9 Å². The average Bonchev–Trinajstić information content (AvgIpc) is 3.09. The van der Waals surface area contributed by atoms with Gasteiger partial charge in [0.1, 0.15) is 16.9 Å². The second-order valence-corrected chi connectivity index (χ2v) is 7.23. The zero-order valence-corrected chi connectivity index (χ0v) is 16.3. The molecule has 0 bridgehead atoms. The Morgan fingerprint density at radius 2 is 2.03 bits per heavy atom. The van der Waals surface area contributed by atoms with Gasteiger partial charge in [0.15, 0.2) is 17.2 Å². The monoisotopic (exact) mass is 432 g/mol. The Balaban J connectivity index is 1.77. The van der Waals surface area contributed by atoms with Crippen LogP contribution in [-0.2, 0) is 0 Å². The number of rotatable bonds is 4. The highest BCUT2D eigenvalue weighted by Gasteiger charge is 2.25. The molecule has 30 heavy (non-hydrogen) atoms. The number of anilines is 2. The minimum Gasteiger partial charge on any atom is -0.467 e. The van der Waals surface area contributed by atoms with Crippen molar-refractivity contribution in [2.45, 2.75) is 6.04 Å². The average molecular weight is 433 g/mol. The molecule has 0 spiro atoms. The van der Waals surface area contributed by atoms with Crippen LogP contribution in [0.5, 0.6) is 6.01 Å². The van der Waals surface area contributed by atoms with Crippen molar-refractivity contribution in [1.82, 2.24) is 20.3 Å². The van der Waals surface area contributed by atoms with Crippen LogP contribution in [0, 0.1) is 11.6 Å². The van der Waals surface area contributed by atoms with Crippen LogP contribution in [0.25, 0.3) is 33.1 Å². The molecule has 4 aromatic rings. The molecule has 2 aromatic carbocycles. The highest BCUT2D eigenvalue weighted by atomic mass is 35.5. The van der Waals surface area contributed by atoms with E-state index in [9.17, 15) is 4.39 Å². The van der Waals surface area contributed by atoms with Crippen molar-refractivity contribution < 1.29 is 17.9 Å². The van der Waals surface area contributed by atoms with Gasteiger partial charge in [-0.1, -0.05) is 11.6 Å². The van der Waals surface area contributed by atoms with Gasteiger partial charge in [-0.05, 0) is 18.2 Å². The van der Waals surface area contributed by atoms with Crippen molar-refractivity contribution in [3.63, 3.8) is 0 Å². The normalized spacial score (nSPS) is 14.3. The van der Waals surface area contributed by atoms with E-state index in [1.165, 1.54) is 13.2 Å². The summed E-state index contributed by atoms with van der Waals surface area (Å²) in [6.45, 7) is 1.51. The van der Waals surface area contributed by atoms with Crippen LogP contribution < -0.4 is 21.1 Å². The first-order valence-electron chi connectivity index (χ1n) is 9.02. The van der Waals surface area contributed by atoms with Crippen molar-refractivity contribution in [3.8, 4) is 17.1 Å². The number of oxazole rings is 1. The smallest absolute Gasteiger partial charge is 0.318 e. The molecule has 2 aromatic heterocycles. The van der Waals surface area contributed by atoms with Crippen LogP contribution in [0.3, 0.4) is 0 Å². The van der Waals surface area contributed by atoms with E-state index in [-0.39, 0.29) is 50.8 Å². The molecule has 0 amide bonds. The highest BCUT2D eigenvalue weighted by Crippen LogP contribution is 2.41. The molecule has 0 radical (unpaired) electrons. The first-order chi connectivity index (χ1) is 14.5. The van der Waals surface area contributed by atoms with E-state index in [0.29, 0.717) is 11.2 Å². The zero-order valence-electron chi connectivity index (χ0n) is 15.6. The Hall–Kier alpha value is -3.24. The summed E-state index contributed by atoms with van der Waals surface area (Å²) in [6.07, 6.45) is 0. The lowest BCUT2D eigenvalue weighted by atomic mass is 10.0. The number of ether oxygens (including phenoxy) is 1. The number of benzene rings is 2. The van der Waals surface area contributed by atoms with Gasteiger partial charge < -0.3 is 25.5 Å². The molecule has 0 saturated carbocycles. The third-order valence-electron chi connectivity index (χ3n) is 4.95. The fraction of sp³-hybridized carbons (Fsp3) is 0.211. The Bertz CT molecular complexity index is 1310. The van der Waals surface area contributed by atoms with Gasteiger partial charge in [0.2, 0.25) is 0 Å². The van der Waals surface area contributed by atoms with Crippen LogP contribution >= 0.6 is 11.6 Å². The van der Waals surface area contributed by atoms with Crippen molar-refractivity contribution in [2.75, 3.05) is 31.2 Å². The third kappa shape index (κ3) is 2.87. The van der Waals surface area contributed by atoms with Crippen molar-refractivity contribution in [2.24, 2.45) is 0 Å². The standard InChI is InChI=1S/C19H15ClF2N6O2/c1-29-19-27-14-9(17(28-19)25-7-5-24-6-7)4-10(20)12(13(14)22)8-2-3-11(21)16-15(8)26-18(23)30-16/h2-4,7,24H,5-6H2,1H3,(H2,23,26)(H,25,27,28). The molecule has 1 aliphatic rings. The van der Waals surface area contributed by atoms with E-state index in [2.05, 4.69) is 25.6 Å². The number of hydrogen-bond donors (Lipinski definition) is 3. The SMILES string of the molecule is COc1nc(NC2CNC2)c2cc(Cl)c(-c3ccc(F)c4oc(N)nc34)c(F)c2n1. The van der Waals surface area contributed by atoms with Gasteiger partial charge in [-0.25, -0.2) is 8.78 Å². The Kier molecular flexibility index (Phi) is 4.33. The molecular formula is C19H15ClF2N6O2. The first-order valence-corrected chi connectivity index (χ1v) is 9.40. The predicted molar refractivity (Wildman–Crippen MR) is 109 cm³/mol. The third-order valence-corrected chi connectivity index (χ3v) is 5.25. The molecule has 0 unspecified atom stereocenters. The van der Waals surface area contributed by atoms with Crippen LogP contribution in [0.2, 0.25) is 5.02 Å². The molecule has 1 aliphatic heterocycles. The summed E-state index contributed by atoms with van der Waals surface area (Å²) in [4.78, 5) is 12.5. The summed E-state index contributed by atoms with van der Waals surface area (Å²) in [5.74, 6) is -0.979. The zero-order chi connectivity index (χ0) is 21.0. The first kappa shape index (κ1) is 18.8. The minimum absolute atomic E-state index is 0.000481. The number of nitrogens with one attached hydrogen (secondary N) is 2. The summed E-state index contributed by atoms with van der Waals surface area (Å²) in [5, 5.41) is 6.86. The van der Waals surface area contributed by atoms with E-state index in [1.54, 1.807) is 6.07 Å². The van der Waals surface area contributed by atoms with Gasteiger partial charge in [0.05, 0.1) is 18.2 Å². The van der Waals surface area contributed by atoms with Gasteiger partial charge >= 0.3 is 6.01 Å². The largest absolute Gasteiger partial charge is 0.467 e. The summed E-state index contributed by atoms with van der Waals surface area (Å²) < 4.78 is 40.1. The number of nitrogens with two attached hydrogens (primary N) is 1. The van der Waals surface area contributed by atoms with Gasteiger partial charge in [0.25, 0.3) is 6.01 Å². The fourth-order valence-electron chi connectivity index (χ4n) is 3.40. The van der Waals surface area contributed by atoms with Gasteiger partial charge in [-0.2, -0.15) is 15.0 Å². The molecule has 0 aliphatic carbocycles. The predicted octanol–water partition coefficient (Wildman–Crippen LogP) is 3.34. The van der Waals surface area contributed by atoms with Crippen LogP contribution in [-0.4, -0.2) is 41.2 Å². The number of aromatic nitrogens is 3. The number of halogens is 3. The molecule has 8 nitrogen and oxygen atoms in total. The van der Waals surface area contributed by atoms with Gasteiger partial charge in [0, 0.05) is 29.6 Å². The van der Waals surface area contributed by atoms with Crippen LogP contribution in [0.15, 0.2) is 22.6 Å². The summed E-state index contributed by atoms with van der Waals surface area (Å²) in [7, 11) is 1.40. The second-order valence-electron chi connectivity index (χ2n) is 6.83. The maximum absolute atomic E-state index is 15.7. The maximum Gasteiger partial charge on any atom is 0.318 e. The number of hydrogen-bond acceptors (Lipinski definition) is 8. The van der Waals surface area contributed by atoms with E-state index in [0.717, 1.165) is 19.2 Å². The fourth-order valence-corrected chi connectivity index (χ4v) is 3.70. The lowest BCUT2D eigenvalue weighted by Gasteiger charge is -2.29. The molecule has 3 heterocycles.